The van der Waals surface area contributed by atoms with Gasteiger partial charge in [0.2, 0.25) is 0 Å². The molecule has 0 bridgehead atoms. The van der Waals surface area contributed by atoms with E-state index in [1.54, 1.807) is 0 Å². The van der Waals surface area contributed by atoms with Gasteiger partial charge in [0.25, 0.3) is 0 Å². The van der Waals surface area contributed by atoms with E-state index in [1.807, 2.05) is 6.07 Å². The summed E-state index contributed by atoms with van der Waals surface area (Å²) in [5.41, 5.74) is 4.98. The Balaban J connectivity index is 1.98. The van der Waals surface area contributed by atoms with Crippen molar-refractivity contribution in [3.05, 3.63) is 83.4 Å². The number of rotatable bonds is 2. The average Bonchev–Trinajstić information content (AvgIpc) is 2.48. The highest BCUT2D eigenvalue weighted by Crippen LogP contribution is 2.29. The molecule has 0 aromatic heterocycles. The van der Waals surface area contributed by atoms with Gasteiger partial charge in [-0.05, 0) is 30.5 Å². The van der Waals surface area contributed by atoms with Gasteiger partial charge < -0.3 is 0 Å². The van der Waals surface area contributed by atoms with E-state index in [0.29, 0.717) is 0 Å². The summed E-state index contributed by atoms with van der Waals surface area (Å²) in [6.07, 6.45) is 3.22. The maximum Gasteiger partial charge on any atom is 0.0793 e. The number of nitrogens with zero attached hydrogens (tertiary/aromatic N) is 1. The standard InChI is InChI=1S/C18H17N/c1-14-12-17(15-8-4-2-5-9-15)19-18(13-14)16-10-6-3-7-11-16/h2-12,18H,13H2,1H3. The van der Waals surface area contributed by atoms with E-state index in [9.17, 15) is 0 Å². The minimum atomic E-state index is 0.251. The molecule has 0 aliphatic carbocycles. The van der Waals surface area contributed by atoms with Gasteiger partial charge in [0.05, 0.1) is 11.8 Å². The number of benzene rings is 2. The molecule has 19 heavy (non-hydrogen) atoms. The molecule has 1 aliphatic rings. The molecule has 3 rings (SSSR count). The molecule has 1 unspecified atom stereocenters. The highest BCUT2D eigenvalue weighted by Gasteiger charge is 2.16. The molecule has 0 radical (unpaired) electrons. The highest BCUT2D eigenvalue weighted by atomic mass is 14.8. The van der Waals surface area contributed by atoms with Gasteiger partial charge in [-0.15, -0.1) is 0 Å². The van der Waals surface area contributed by atoms with E-state index >= 15 is 0 Å². The van der Waals surface area contributed by atoms with Gasteiger partial charge in [0.15, 0.2) is 0 Å². The lowest BCUT2D eigenvalue weighted by Gasteiger charge is -2.20. The van der Waals surface area contributed by atoms with Crippen LogP contribution in [0.5, 0.6) is 0 Å². The summed E-state index contributed by atoms with van der Waals surface area (Å²) in [4.78, 5) is 4.91. The minimum Gasteiger partial charge on any atom is -0.276 e. The van der Waals surface area contributed by atoms with Gasteiger partial charge >= 0.3 is 0 Å². The first-order chi connectivity index (χ1) is 9.33. The predicted molar refractivity (Wildman–Crippen MR) is 80.5 cm³/mol. The van der Waals surface area contributed by atoms with Gasteiger partial charge in [0.1, 0.15) is 0 Å². The molecular weight excluding hydrogens is 230 g/mol. The Kier molecular flexibility index (Phi) is 3.28. The van der Waals surface area contributed by atoms with Crippen molar-refractivity contribution >= 4 is 5.71 Å². The van der Waals surface area contributed by atoms with Crippen LogP contribution in [0.15, 0.2) is 77.3 Å². The van der Waals surface area contributed by atoms with Crippen molar-refractivity contribution in [1.29, 1.82) is 0 Å². The van der Waals surface area contributed by atoms with E-state index in [0.717, 1.165) is 12.1 Å². The molecule has 0 saturated carbocycles. The average molecular weight is 247 g/mol. The predicted octanol–water partition coefficient (Wildman–Crippen LogP) is 4.57. The number of hydrogen-bond acceptors (Lipinski definition) is 1. The fraction of sp³-hybridized carbons (Fsp3) is 0.167. The lowest BCUT2D eigenvalue weighted by molar-refractivity contribution is 0.710. The Morgan fingerprint density at radius 1 is 0.895 bits per heavy atom. The third-order valence-electron chi connectivity index (χ3n) is 3.45. The zero-order valence-electron chi connectivity index (χ0n) is 11.1. The number of allylic oxidation sites excluding steroid dienone is 1. The first kappa shape index (κ1) is 11.9. The summed E-state index contributed by atoms with van der Waals surface area (Å²) in [6.45, 7) is 2.19. The van der Waals surface area contributed by atoms with Gasteiger partial charge in [-0.2, -0.15) is 0 Å². The largest absolute Gasteiger partial charge is 0.276 e. The first-order valence-corrected chi connectivity index (χ1v) is 6.68. The monoisotopic (exact) mass is 247 g/mol. The SMILES string of the molecule is CC1=CC(c2ccccc2)=NC(c2ccccc2)C1. The molecule has 1 nitrogen and oxygen atoms in total. The summed E-state index contributed by atoms with van der Waals surface area (Å²) in [5.74, 6) is 0. The number of hydrogen-bond donors (Lipinski definition) is 0. The van der Waals surface area contributed by atoms with Crippen molar-refractivity contribution < 1.29 is 0 Å². The second-order valence-corrected chi connectivity index (χ2v) is 5.00. The summed E-state index contributed by atoms with van der Waals surface area (Å²) >= 11 is 0. The van der Waals surface area contributed by atoms with Crippen molar-refractivity contribution in [2.75, 3.05) is 0 Å². The lowest BCUT2D eigenvalue weighted by Crippen LogP contribution is -2.09. The fourth-order valence-electron chi connectivity index (χ4n) is 2.48. The van der Waals surface area contributed by atoms with Crippen LogP contribution in [0.2, 0.25) is 0 Å². The molecule has 1 heteroatoms. The summed E-state index contributed by atoms with van der Waals surface area (Å²) < 4.78 is 0. The first-order valence-electron chi connectivity index (χ1n) is 6.68. The topological polar surface area (TPSA) is 12.4 Å². The van der Waals surface area contributed by atoms with Crippen LogP contribution in [0.4, 0.5) is 0 Å². The lowest BCUT2D eigenvalue weighted by atomic mass is 9.94. The number of aliphatic imine (C=N–C) groups is 1. The Morgan fingerprint density at radius 3 is 2.21 bits per heavy atom. The fourth-order valence-corrected chi connectivity index (χ4v) is 2.48. The second-order valence-electron chi connectivity index (χ2n) is 5.00. The van der Waals surface area contributed by atoms with E-state index in [2.05, 4.69) is 67.6 Å². The van der Waals surface area contributed by atoms with Crippen LogP contribution in [0.25, 0.3) is 0 Å². The molecule has 1 aliphatic heterocycles. The third kappa shape index (κ3) is 2.65. The van der Waals surface area contributed by atoms with Gasteiger partial charge in [-0.1, -0.05) is 66.2 Å². The van der Waals surface area contributed by atoms with Gasteiger partial charge in [-0.25, -0.2) is 0 Å². The minimum absolute atomic E-state index is 0.251. The Morgan fingerprint density at radius 2 is 1.53 bits per heavy atom. The Labute approximate surface area is 114 Å². The zero-order valence-corrected chi connectivity index (χ0v) is 11.1. The van der Waals surface area contributed by atoms with Crippen molar-refractivity contribution in [3.8, 4) is 0 Å². The summed E-state index contributed by atoms with van der Waals surface area (Å²) in [5, 5.41) is 0. The molecule has 94 valence electrons. The van der Waals surface area contributed by atoms with Gasteiger partial charge in [0, 0.05) is 0 Å². The van der Waals surface area contributed by atoms with E-state index < -0.39 is 0 Å². The zero-order chi connectivity index (χ0) is 13.1. The van der Waals surface area contributed by atoms with Crippen molar-refractivity contribution in [1.82, 2.24) is 0 Å². The maximum atomic E-state index is 4.91. The number of dihydropyridines is 1. The smallest absolute Gasteiger partial charge is 0.0793 e. The Bertz CT molecular complexity index is 609. The molecular formula is C18H17N. The van der Waals surface area contributed by atoms with Crippen LogP contribution < -0.4 is 0 Å². The second kappa shape index (κ2) is 5.23. The van der Waals surface area contributed by atoms with Crippen LogP contribution in [0.3, 0.4) is 0 Å². The van der Waals surface area contributed by atoms with Crippen LogP contribution in [0, 0.1) is 0 Å². The van der Waals surface area contributed by atoms with Crippen LogP contribution in [0.1, 0.15) is 30.5 Å². The molecule has 0 N–H and O–H groups in total. The van der Waals surface area contributed by atoms with Gasteiger partial charge in [-0.3, -0.25) is 4.99 Å². The molecule has 0 fully saturated rings. The summed E-state index contributed by atoms with van der Waals surface area (Å²) in [6, 6.07) is 21.2. The van der Waals surface area contributed by atoms with Crippen molar-refractivity contribution in [2.45, 2.75) is 19.4 Å². The van der Waals surface area contributed by atoms with Crippen molar-refractivity contribution in [2.24, 2.45) is 4.99 Å². The molecule has 2 aromatic rings. The third-order valence-corrected chi connectivity index (χ3v) is 3.45. The quantitative estimate of drug-likeness (QED) is 0.737. The van der Waals surface area contributed by atoms with Crippen LogP contribution in [-0.4, -0.2) is 5.71 Å². The molecule has 0 spiro atoms. The van der Waals surface area contributed by atoms with Crippen molar-refractivity contribution in [3.63, 3.8) is 0 Å². The molecule has 1 atom stereocenters. The molecule has 2 aromatic carbocycles. The molecule has 0 amide bonds. The van der Waals surface area contributed by atoms with E-state index in [-0.39, 0.29) is 6.04 Å². The molecule has 1 heterocycles. The van der Waals surface area contributed by atoms with Crippen LogP contribution in [-0.2, 0) is 0 Å². The normalized spacial score (nSPS) is 18.7. The Hall–Kier alpha value is -2.15. The van der Waals surface area contributed by atoms with E-state index in [4.69, 9.17) is 4.99 Å². The highest BCUT2D eigenvalue weighted by molar-refractivity contribution is 6.09. The summed E-state index contributed by atoms with van der Waals surface area (Å²) in [7, 11) is 0. The maximum absolute atomic E-state index is 4.91. The van der Waals surface area contributed by atoms with E-state index in [1.165, 1.54) is 16.7 Å². The molecule has 0 saturated heterocycles. The van der Waals surface area contributed by atoms with Crippen LogP contribution >= 0.6 is 0 Å².